The normalized spacial score (nSPS) is 18.8. The van der Waals surface area contributed by atoms with E-state index in [1.54, 1.807) is 12.4 Å². The van der Waals surface area contributed by atoms with Crippen LogP contribution in [0.15, 0.2) is 48.8 Å². The van der Waals surface area contributed by atoms with E-state index in [0.29, 0.717) is 44.8 Å². The summed E-state index contributed by atoms with van der Waals surface area (Å²) in [5.41, 5.74) is 2.74. The van der Waals surface area contributed by atoms with Gasteiger partial charge in [0.25, 0.3) is 0 Å². The first kappa shape index (κ1) is 21.0. The number of rotatable bonds is 7. The summed E-state index contributed by atoms with van der Waals surface area (Å²) in [7, 11) is 0. The molecule has 0 bridgehead atoms. The van der Waals surface area contributed by atoms with Crippen molar-refractivity contribution in [2.45, 2.75) is 40.0 Å². The Labute approximate surface area is 173 Å². The van der Waals surface area contributed by atoms with E-state index in [1.807, 2.05) is 36.1 Å². The first-order chi connectivity index (χ1) is 13.9. The summed E-state index contributed by atoms with van der Waals surface area (Å²) in [4.78, 5) is 31.6. The second-order valence-electron chi connectivity index (χ2n) is 8.37. The van der Waals surface area contributed by atoms with Gasteiger partial charge in [0.05, 0.1) is 5.41 Å². The molecule has 5 nitrogen and oxygen atoms in total. The second kappa shape index (κ2) is 9.21. The maximum atomic E-state index is 13.3. The van der Waals surface area contributed by atoms with Gasteiger partial charge < -0.3 is 10.2 Å². The van der Waals surface area contributed by atoms with Gasteiger partial charge >= 0.3 is 0 Å². The molecule has 2 heterocycles. The van der Waals surface area contributed by atoms with E-state index in [9.17, 15) is 9.59 Å². The number of aromatic nitrogens is 1. The lowest BCUT2D eigenvalue weighted by molar-refractivity contribution is -0.133. The highest BCUT2D eigenvalue weighted by Crippen LogP contribution is 2.37. The number of benzene rings is 1. The molecule has 3 rings (SSSR count). The third kappa shape index (κ3) is 4.84. The molecule has 0 unspecified atom stereocenters. The van der Waals surface area contributed by atoms with Crippen molar-refractivity contribution < 1.29 is 9.59 Å². The molecule has 29 heavy (non-hydrogen) atoms. The number of hydrogen-bond acceptors (Lipinski definition) is 3. The largest absolute Gasteiger partial charge is 0.355 e. The number of amides is 2. The summed E-state index contributed by atoms with van der Waals surface area (Å²) in [5, 5.41) is 3.13. The molecular formula is C24H31N3O2. The first-order valence-corrected chi connectivity index (χ1v) is 10.5. The molecule has 154 valence electrons. The molecule has 1 aliphatic rings. The van der Waals surface area contributed by atoms with E-state index < -0.39 is 5.41 Å². The number of hydrogen-bond donors (Lipinski definition) is 1. The van der Waals surface area contributed by atoms with Crippen LogP contribution in [0.5, 0.6) is 0 Å². The molecule has 5 heteroatoms. The molecular weight excluding hydrogens is 362 g/mol. The maximum absolute atomic E-state index is 13.3. The molecule has 0 radical (unpaired) electrons. The van der Waals surface area contributed by atoms with Crippen LogP contribution in [0.1, 0.15) is 39.2 Å². The van der Waals surface area contributed by atoms with Crippen LogP contribution in [-0.4, -0.2) is 41.3 Å². The Morgan fingerprint density at radius 3 is 2.59 bits per heavy atom. The highest BCUT2D eigenvalue weighted by molar-refractivity contribution is 5.86. The molecule has 1 aromatic carbocycles. The lowest BCUT2D eigenvalue weighted by atomic mass is 9.78. The highest BCUT2D eigenvalue weighted by Gasteiger charge is 2.45. The molecule has 1 atom stereocenters. The fourth-order valence-corrected chi connectivity index (χ4v) is 4.06. The van der Waals surface area contributed by atoms with E-state index in [1.165, 1.54) is 0 Å². The fourth-order valence-electron chi connectivity index (χ4n) is 4.06. The van der Waals surface area contributed by atoms with Gasteiger partial charge in [-0.2, -0.15) is 0 Å². The minimum absolute atomic E-state index is 0.0575. The predicted octanol–water partition coefficient (Wildman–Crippen LogP) is 3.69. The third-order valence-corrected chi connectivity index (χ3v) is 5.70. The molecule has 0 spiro atoms. The summed E-state index contributed by atoms with van der Waals surface area (Å²) in [6, 6.07) is 12.2. The Kier molecular flexibility index (Phi) is 6.68. The molecule has 1 saturated heterocycles. The van der Waals surface area contributed by atoms with Gasteiger partial charge in [-0.05, 0) is 47.6 Å². The van der Waals surface area contributed by atoms with Crippen molar-refractivity contribution in [3.8, 4) is 11.1 Å². The van der Waals surface area contributed by atoms with Crippen LogP contribution < -0.4 is 5.32 Å². The first-order valence-electron chi connectivity index (χ1n) is 10.5. The van der Waals surface area contributed by atoms with E-state index in [2.05, 4.69) is 36.3 Å². The van der Waals surface area contributed by atoms with Gasteiger partial charge in [-0.15, -0.1) is 0 Å². The molecule has 1 aromatic heterocycles. The van der Waals surface area contributed by atoms with Crippen molar-refractivity contribution in [1.82, 2.24) is 15.2 Å². The zero-order valence-electron chi connectivity index (χ0n) is 17.6. The van der Waals surface area contributed by atoms with Crippen molar-refractivity contribution >= 4 is 11.8 Å². The minimum atomic E-state index is -0.594. The van der Waals surface area contributed by atoms with Crippen LogP contribution in [0.4, 0.5) is 0 Å². The van der Waals surface area contributed by atoms with Crippen molar-refractivity contribution in [3.05, 3.63) is 54.4 Å². The smallest absolute Gasteiger partial charge is 0.228 e. The quantitative estimate of drug-likeness (QED) is 0.780. The molecule has 1 aliphatic heterocycles. The lowest BCUT2D eigenvalue weighted by Gasteiger charge is -2.29. The van der Waals surface area contributed by atoms with Crippen LogP contribution in [0.3, 0.4) is 0 Å². The Balaban J connectivity index is 1.93. The van der Waals surface area contributed by atoms with E-state index in [0.717, 1.165) is 16.7 Å². The average molecular weight is 394 g/mol. The summed E-state index contributed by atoms with van der Waals surface area (Å²) in [6.07, 6.45) is 5.34. The van der Waals surface area contributed by atoms with Crippen LogP contribution in [0.25, 0.3) is 11.1 Å². The van der Waals surface area contributed by atoms with Crippen molar-refractivity contribution in [1.29, 1.82) is 0 Å². The molecule has 2 aromatic rings. The zero-order chi connectivity index (χ0) is 20.9. The Morgan fingerprint density at radius 2 is 1.90 bits per heavy atom. The third-order valence-electron chi connectivity index (χ3n) is 5.70. The Hall–Kier alpha value is -2.69. The minimum Gasteiger partial charge on any atom is -0.355 e. The SMILES string of the molecule is CCC(=O)N1CC[C@](Cc2ccccc2-c2ccncc2)(C(=O)NCC(C)C)C1. The molecule has 1 fully saturated rings. The topological polar surface area (TPSA) is 62.3 Å². The van der Waals surface area contributed by atoms with Gasteiger partial charge in [-0.25, -0.2) is 0 Å². The summed E-state index contributed by atoms with van der Waals surface area (Å²) < 4.78 is 0. The number of nitrogens with one attached hydrogen (secondary N) is 1. The van der Waals surface area contributed by atoms with E-state index in [-0.39, 0.29) is 11.8 Å². The fraction of sp³-hybridized carbons (Fsp3) is 0.458. The van der Waals surface area contributed by atoms with Gasteiger partial charge in [0.2, 0.25) is 11.8 Å². The molecule has 0 saturated carbocycles. The van der Waals surface area contributed by atoms with Crippen LogP contribution in [0.2, 0.25) is 0 Å². The monoisotopic (exact) mass is 393 g/mol. The van der Waals surface area contributed by atoms with Gasteiger partial charge in [0.15, 0.2) is 0 Å². The summed E-state index contributed by atoms with van der Waals surface area (Å²) in [6.45, 7) is 7.82. The average Bonchev–Trinajstić information content (AvgIpc) is 3.17. The zero-order valence-corrected chi connectivity index (χ0v) is 17.6. The highest BCUT2D eigenvalue weighted by atomic mass is 16.2. The van der Waals surface area contributed by atoms with Gasteiger partial charge in [0.1, 0.15) is 0 Å². The molecule has 2 amide bonds. The summed E-state index contributed by atoms with van der Waals surface area (Å²) in [5.74, 6) is 0.558. The number of pyridine rings is 1. The van der Waals surface area contributed by atoms with Crippen molar-refractivity contribution in [3.63, 3.8) is 0 Å². The van der Waals surface area contributed by atoms with Crippen molar-refractivity contribution in [2.75, 3.05) is 19.6 Å². The van der Waals surface area contributed by atoms with Gasteiger partial charge in [0, 0.05) is 38.4 Å². The Morgan fingerprint density at radius 1 is 1.17 bits per heavy atom. The Bertz CT molecular complexity index is 850. The number of carbonyl (C=O) groups is 2. The molecule has 0 aliphatic carbocycles. The summed E-state index contributed by atoms with van der Waals surface area (Å²) >= 11 is 0. The second-order valence-corrected chi connectivity index (χ2v) is 8.37. The van der Waals surface area contributed by atoms with Gasteiger partial charge in [-0.3, -0.25) is 14.6 Å². The van der Waals surface area contributed by atoms with E-state index >= 15 is 0 Å². The van der Waals surface area contributed by atoms with Crippen LogP contribution in [0, 0.1) is 11.3 Å². The standard InChI is InChI=1S/C24H31N3O2/c1-4-22(28)27-14-11-24(17-27,23(29)26-16-18(2)3)15-20-7-5-6-8-21(20)19-9-12-25-13-10-19/h5-10,12-13,18H,4,11,14-17H2,1-3H3,(H,26,29)/t24-/m1/s1. The van der Waals surface area contributed by atoms with Gasteiger partial charge in [-0.1, -0.05) is 45.0 Å². The lowest BCUT2D eigenvalue weighted by Crippen LogP contribution is -2.46. The number of nitrogens with zero attached hydrogens (tertiary/aromatic N) is 2. The maximum Gasteiger partial charge on any atom is 0.228 e. The molecule has 1 N–H and O–H groups in total. The van der Waals surface area contributed by atoms with E-state index in [4.69, 9.17) is 0 Å². The number of carbonyl (C=O) groups excluding carboxylic acids is 2. The van der Waals surface area contributed by atoms with Crippen LogP contribution >= 0.6 is 0 Å². The van der Waals surface area contributed by atoms with Crippen molar-refractivity contribution in [2.24, 2.45) is 11.3 Å². The number of likely N-dealkylation sites (tertiary alicyclic amines) is 1. The van der Waals surface area contributed by atoms with Crippen LogP contribution in [-0.2, 0) is 16.0 Å². The predicted molar refractivity (Wildman–Crippen MR) is 115 cm³/mol.